The van der Waals surface area contributed by atoms with Crippen molar-refractivity contribution >= 4 is 0 Å². The van der Waals surface area contributed by atoms with Crippen LogP contribution in [0.2, 0.25) is 0 Å². The molecule has 0 aliphatic carbocycles. The Bertz CT molecular complexity index is 107. The van der Waals surface area contributed by atoms with Gasteiger partial charge in [0.25, 0.3) is 0 Å². The summed E-state index contributed by atoms with van der Waals surface area (Å²) in [5, 5.41) is 0. The van der Waals surface area contributed by atoms with E-state index in [-0.39, 0.29) is 0 Å². The fourth-order valence-electron chi connectivity index (χ4n) is 0.378. The maximum absolute atomic E-state index is 12.1. The summed E-state index contributed by atoms with van der Waals surface area (Å²) in [5.74, 6) is -3.94. The Balaban J connectivity index is 3.77. The van der Waals surface area contributed by atoms with Gasteiger partial charge in [-0.05, 0) is 0 Å². The van der Waals surface area contributed by atoms with Crippen molar-refractivity contribution in [3.05, 3.63) is 0 Å². The first-order chi connectivity index (χ1) is 5.04. The quantitative estimate of drug-likeness (QED) is 0.584. The summed E-state index contributed by atoms with van der Waals surface area (Å²) in [6.07, 6.45) is -2.92. The maximum atomic E-state index is 12.1. The smallest absolute Gasteiger partial charge is 0.304 e. The number of halogens is 5. The first-order valence-electron chi connectivity index (χ1n) is 2.76. The van der Waals surface area contributed by atoms with Crippen molar-refractivity contribution < 1.29 is 26.7 Å². The van der Waals surface area contributed by atoms with Crippen LogP contribution in [0.15, 0.2) is 0 Å². The second-order valence-electron chi connectivity index (χ2n) is 1.84. The molecule has 0 aromatic heterocycles. The van der Waals surface area contributed by atoms with E-state index in [0.717, 1.165) is 0 Å². The van der Waals surface area contributed by atoms with E-state index in [1.165, 1.54) is 0 Å². The monoisotopic (exact) mass is 178 g/mol. The summed E-state index contributed by atoms with van der Waals surface area (Å²) >= 11 is 0. The molecule has 0 radical (unpaired) electrons. The SMILES string of the molecule is FCOCC(F)(F)C(F)CF. The van der Waals surface area contributed by atoms with Gasteiger partial charge in [-0.25, -0.2) is 22.0 Å². The Morgan fingerprint density at radius 3 is 2.18 bits per heavy atom. The lowest BCUT2D eigenvalue weighted by Gasteiger charge is -2.16. The van der Waals surface area contributed by atoms with Gasteiger partial charge in [0, 0.05) is 0 Å². The molecular formula is C5H7F5O. The summed E-state index contributed by atoms with van der Waals surface area (Å²) < 4.78 is 62.1. The van der Waals surface area contributed by atoms with Gasteiger partial charge in [0.15, 0.2) is 13.0 Å². The Morgan fingerprint density at radius 2 is 1.82 bits per heavy atom. The van der Waals surface area contributed by atoms with Gasteiger partial charge in [-0.1, -0.05) is 0 Å². The van der Waals surface area contributed by atoms with Gasteiger partial charge >= 0.3 is 5.92 Å². The molecule has 1 atom stereocenters. The van der Waals surface area contributed by atoms with Gasteiger partial charge in [-0.2, -0.15) is 0 Å². The van der Waals surface area contributed by atoms with Crippen LogP contribution in [0, 0.1) is 0 Å². The second kappa shape index (κ2) is 4.48. The van der Waals surface area contributed by atoms with Crippen LogP contribution in [0.1, 0.15) is 0 Å². The Hall–Kier alpha value is -0.390. The first kappa shape index (κ1) is 10.6. The molecule has 11 heavy (non-hydrogen) atoms. The number of ether oxygens (including phenoxy) is 1. The molecule has 0 fully saturated rings. The average molecular weight is 178 g/mol. The van der Waals surface area contributed by atoms with Crippen molar-refractivity contribution in [3.63, 3.8) is 0 Å². The van der Waals surface area contributed by atoms with Crippen LogP contribution >= 0.6 is 0 Å². The van der Waals surface area contributed by atoms with Crippen molar-refractivity contribution in [2.75, 3.05) is 20.1 Å². The van der Waals surface area contributed by atoms with Gasteiger partial charge in [-0.3, -0.25) is 0 Å². The Labute approximate surface area is 60.1 Å². The molecule has 0 N–H and O–H groups in total. The topological polar surface area (TPSA) is 9.23 Å². The molecule has 0 saturated carbocycles. The third-order valence-electron chi connectivity index (χ3n) is 0.965. The molecule has 0 heterocycles. The van der Waals surface area contributed by atoms with Crippen LogP contribution < -0.4 is 0 Å². The van der Waals surface area contributed by atoms with Crippen LogP contribution in [0.25, 0.3) is 0 Å². The van der Waals surface area contributed by atoms with Crippen LogP contribution in [0.3, 0.4) is 0 Å². The molecule has 1 nitrogen and oxygen atoms in total. The highest BCUT2D eigenvalue weighted by Crippen LogP contribution is 2.22. The number of rotatable bonds is 5. The maximum Gasteiger partial charge on any atom is 0.304 e. The van der Waals surface area contributed by atoms with Crippen molar-refractivity contribution in [1.29, 1.82) is 0 Å². The molecule has 0 aromatic carbocycles. The third-order valence-corrected chi connectivity index (χ3v) is 0.965. The van der Waals surface area contributed by atoms with Crippen LogP contribution in [-0.2, 0) is 4.74 Å². The lowest BCUT2D eigenvalue weighted by Crippen LogP contribution is -2.36. The molecule has 0 aliphatic heterocycles. The molecular weight excluding hydrogens is 171 g/mol. The fourth-order valence-corrected chi connectivity index (χ4v) is 0.378. The summed E-state index contributed by atoms with van der Waals surface area (Å²) in [7, 11) is 0. The minimum Gasteiger partial charge on any atom is -0.344 e. The summed E-state index contributed by atoms with van der Waals surface area (Å²) in [6, 6.07) is 0. The van der Waals surface area contributed by atoms with Crippen molar-refractivity contribution in [2.45, 2.75) is 12.1 Å². The molecule has 0 aliphatic rings. The predicted molar refractivity (Wildman–Crippen MR) is 27.7 cm³/mol. The zero-order valence-corrected chi connectivity index (χ0v) is 5.50. The van der Waals surface area contributed by atoms with Gasteiger partial charge < -0.3 is 4.74 Å². The number of alkyl halides is 5. The molecule has 1 unspecified atom stereocenters. The Morgan fingerprint density at radius 1 is 1.27 bits per heavy atom. The van der Waals surface area contributed by atoms with Gasteiger partial charge in [0.05, 0.1) is 0 Å². The van der Waals surface area contributed by atoms with E-state index in [0.29, 0.717) is 0 Å². The van der Waals surface area contributed by atoms with Crippen LogP contribution in [-0.4, -0.2) is 32.2 Å². The standard InChI is InChI=1S/C5H7F5O/c6-1-4(8)5(9,10)2-11-3-7/h4H,1-3H2. The van der Waals surface area contributed by atoms with E-state index < -0.39 is 32.2 Å². The van der Waals surface area contributed by atoms with E-state index in [1.807, 2.05) is 0 Å². The van der Waals surface area contributed by atoms with Gasteiger partial charge in [0.2, 0.25) is 0 Å². The van der Waals surface area contributed by atoms with Crippen LogP contribution in [0.4, 0.5) is 22.0 Å². The highest BCUT2D eigenvalue weighted by molar-refractivity contribution is 4.75. The Kier molecular flexibility index (Phi) is 4.32. The lowest BCUT2D eigenvalue weighted by atomic mass is 10.2. The zero-order valence-electron chi connectivity index (χ0n) is 5.50. The molecule has 68 valence electrons. The summed E-state index contributed by atoms with van der Waals surface area (Å²) in [4.78, 5) is 0. The number of hydrogen-bond donors (Lipinski definition) is 0. The molecule has 0 saturated heterocycles. The number of hydrogen-bond acceptors (Lipinski definition) is 1. The highest BCUT2D eigenvalue weighted by Gasteiger charge is 2.40. The van der Waals surface area contributed by atoms with Crippen LogP contribution in [0.5, 0.6) is 0 Å². The normalized spacial score (nSPS) is 15.0. The van der Waals surface area contributed by atoms with Crippen molar-refractivity contribution in [3.8, 4) is 0 Å². The molecule has 0 bridgehead atoms. The minimum absolute atomic E-state index is 1.44. The predicted octanol–water partition coefficient (Wildman–Crippen LogP) is 1.87. The lowest BCUT2D eigenvalue weighted by molar-refractivity contribution is -0.140. The molecule has 6 heteroatoms. The zero-order chi connectivity index (χ0) is 8.91. The first-order valence-corrected chi connectivity index (χ1v) is 2.76. The van der Waals surface area contributed by atoms with Crippen molar-refractivity contribution in [2.24, 2.45) is 0 Å². The van der Waals surface area contributed by atoms with Crippen molar-refractivity contribution in [1.82, 2.24) is 0 Å². The fraction of sp³-hybridized carbons (Fsp3) is 1.00. The average Bonchev–Trinajstić information content (AvgIpc) is 1.99. The highest BCUT2D eigenvalue weighted by atomic mass is 19.3. The van der Waals surface area contributed by atoms with E-state index in [2.05, 4.69) is 4.74 Å². The van der Waals surface area contributed by atoms with E-state index in [9.17, 15) is 22.0 Å². The van der Waals surface area contributed by atoms with Gasteiger partial charge in [0.1, 0.15) is 13.3 Å². The minimum atomic E-state index is -3.94. The van der Waals surface area contributed by atoms with E-state index in [1.54, 1.807) is 0 Å². The summed E-state index contributed by atoms with van der Waals surface area (Å²) in [5.41, 5.74) is 0. The summed E-state index contributed by atoms with van der Waals surface area (Å²) in [6.45, 7) is -4.67. The molecule has 0 rings (SSSR count). The van der Waals surface area contributed by atoms with E-state index >= 15 is 0 Å². The third kappa shape index (κ3) is 3.50. The van der Waals surface area contributed by atoms with Gasteiger partial charge in [-0.15, -0.1) is 0 Å². The van der Waals surface area contributed by atoms with E-state index in [4.69, 9.17) is 0 Å². The second-order valence-corrected chi connectivity index (χ2v) is 1.84. The molecule has 0 spiro atoms. The molecule has 0 aromatic rings. The largest absolute Gasteiger partial charge is 0.344 e. The molecule has 0 amide bonds.